The first kappa shape index (κ1) is 23.4. The smallest absolute Gasteiger partial charge is 0.407 e. The van der Waals surface area contributed by atoms with E-state index in [4.69, 9.17) is 13.7 Å². The zero-order valence-electron chi connectivity index (χ0n) is 16.8. The minimum Gasteiger partial charge on any atom is -0.463 e. The van der Waals surface area contributed by atoms with Gasteiger partial charge in [0.2, 0.25) is 0 Å². The summed E-state index contributed by atoms with van der Waals surface area (Å²) in [5.41, 5.74) is 1.63. The lowest BCUT2D eigenvalue weighted by molar-refractivity contribution is -0.143. The van der Waals surface area contributed by atoms with E-state index in [1.54, 1.807) is 0 Å². The SMILES string of the molecule is CC(=O)OC[C@@H](OS(C)(=O)=O)[C@H](Cc1ccccc1)NC(=O)OCc1ccccc1. The van der Waals surface area contributed by atoms with Crippen LogP contribution in [0.1, 0.15) is 18.1 Å². The van der Waals surface area contributed by atoms with Crippen LogP contribution in [0.25, 0.3) is 0 Å². The highest BCUT2D eigenvalue weighted by Gasteiger charge is 2.29. The first-order valence-corrected chi connectivity index (χ1v) is 11.1. The molecule has 0 saturated carbocycles. The van der Waals surface area contributed by atoms with Gasteiger partial charge in [0.15, 0.2) is 0 Å². The van der Waals surface area contributed by atoms with Crippen molar-refractivity contribution in [3.63, 3.8) is 0 Å². The molecular weight excluding hydrogens is 410 g/mol. The molecule has 0 aliphatic heterocycles. The molecule has 8 nitrogen and oxygen atoms in total. The minimum atomic E-state index is -3.88. The van der Waals surface area contributed by atoms with Gasteiger partial charge >= 0.3 is 12.1 Å². The summed E-state index contributed by atoms with van der Waals surface area (Å²) in [5, 5.41) is 2.64. The molecule has 0 aromatic heterocycles. The summed E-state index contributed by atoms with van der Waals surface area (Å²) in [4.78, 5) is 23.6. The van der Waals surface area contributed by atoms with E-state index in [0.717, 1.165) is 17.4 Å². The Hall–Kier alpha value is -2.91. The van der Waals surface area contributed by atoms with Gasteiger partial charge in [0.1, 0.15) is 19.3 Å². The number of alkyl carbamates (subject to hydrolysis) is 1. The summed E-state index contributed by atoms with van der Waals surface area (Å²) >= 11 is 0. The van der Waals surface area contributed by atoms with Gasteiger partial charge in [-0.1, -0.05) is 60.7 Å². The summed E-state index contributed by atoms with van der Waals surface area (Å²) in [6, 6.07) is 17.4. The zero-order chi connectivity index (χ0) is 22.0. The number of nitrogens with one attached hydrogen (secondary N) is 1. The van der Waals surface area contributed by atoms with Gasteiger partial charge in [0.25, 0.3) is 10.1 Å². The van der Waals surface area contributed by atoms with Gasteiger partial charge in [-0.15, -0.1) is 0 Å². The Morgan fingerprint density at radius 2 is 1.50 bits per heavy atom. The third-order valence-electron chi connectivity index (χ3n) is 4.01. The average molecular weight is 435 g/mol. The Labute approximate surface area is 176 Å². The van der Waals surface area contributed by atoms with Crippen molar-refractivity contribution in [3.05, 3.63) is 71.8 Å². The molecule has 2 aromatic rings. The molecule has 162 valence electrons. The van der Waals surface area contributed by atoms with Crippen LogP contribution >= 0.6 is 0 Å². The summed E-state index contributed by atoms with van der Waals surface area (Å²) in [5.74, 6) is -0.595. The predicted octanol–water partition coefficient (Wildman–Crippen LogP) is 2.43. The lowest BCUT2D eigenvalue weighted by Gasteiger charge is -2.26. The van der Waals surface area contributed by atoms with Gasteiger partial charge in [-0.25, -0.2) is 4.79 Å². The van der Waals surface area contributed by atoms with E-state index in [2.05, 4.69) is 5.32 Å². The van der Waals surface area contributed by atoms with Gasteiger partial charge in [0.05, 0.1) is 12.3 Å². The quantitative estimate of drug-likeness (QED) is 0.451. The molecule has 0 heterocycles. The van der Waals surface area contributed by atoms with Crippen LogP contribution in [-0.4, -0.2) is 45.5 Å². The third-order valence-corrected chi connectivity index (χ3v) is 4.61. The van der Waals surface area contributed by atoms with E-state index < -0.39 is 34.3 Å². The first-order valence-electron chi connectivity index (χ1n) is 9.25. The number of esters is 1. The first-order chi connectivity index (χ1) is 14.2. The Balaban J connectivity index is 2.15. The summed E-state index contributed by atoms with van der Waals surface area (Å²) in [6.45, 7) is 0.899. The number of carbonyl (C=O) groups excluding carboxylic acids is 2. The highest BCUT2D eigenvalue weighted by molar-refractivity contribution is 7.86. The van der Waals surface area contributed by atoms with E-state index in [1.165, 1.54) is 6.92 Å². The monoisotopic (exact) mass is 435 g/mol. The molecule has 1 amide bonds. The van der Waals surface area contributed by atoms with Crippen LogP contribution in [-0.2, 0) is 41.6 Å². The molecule has 0 saturated heterocycles. The van der Waals surface area contributed by atoms with Crippen molar-refractivity contribution in [2.24, 2.45) is 0 Å². The summed E-state index contributed by atoms with van der Waals surface area (Å²) in [7, 11) is -3.88. The van der Waals surface area contributed by atoms with Crippen molar-refractivity contribution in [1.29, 1.82) is 0 Å². The van der Waals surface area contributed by atoms with Crippen LogP contribution in [0.15, 0.2) is 60.7 Å². The number of benzene rings is 2. The molecule has 0 fully saturated rings. The maximum Gasteiger partial charge on any atom is 0.407 e. The number of amides is 1. The molecule has 9 heteroatoms. The molecule has 0 aliphatic carbocycles. The number of hydrogen-bond acceptors (Lipinski definition) is 7. The van der Waals surface area contributed by atoms with Crippen LogP contribution < -0.4 is 5.32 Å². The van der Waals surface area contributed by atoms with Crippen molar-refractivity contribution < 1.29 is 31.7 Å². The molecule has 0 spiro atoms. The minimum absolute atomic E-state index is 0.0479. The second kappa shape index (κ2) is 11.3. The molecule has 30 heavy (non-hydrogen) atoms. The second-order valence-corrected chi connectivity index (χ2v) is 8.24. The van der Waals surface area contributed by atoms with Crippen LogP contribution in [0, 0.1) is 0 Å². The molecule has 0 unspecified atom stereocenters. The van der Waals surface area contributed by atoms with E-state index in [0.29, 0.717) is 0 Å². The van der Waals surface area contributed by atoms with Gasteiger partial charge < -0.3 is 14.8 Å². The van der Waals surface area contributed by atoms with Gasteiger partial charge in [-0.3, -0.25) is 8.98 Å². The fourth-order valence-corrected chi connectivity index (χ4v) is 3.33. The van der Waals surface area contributed by atoms with Crippen LogP contribution in [0.4, 0.5) is 4.79 Å². The molecule has 1 N–H and O–H groups in total. The van der Waals surface area contributed by atoms with E-state index in [9.17, 15) is 18.0 Å². The maximum atomic E-state index is 12.4. The predicted molar refractivity (Wildman–Crippen MR) is 110 cm³/mol. The molecular formula is C21H25NO7S. The van der Waals surface area contributed by atoms with E-state index in [-0.39, 0.29) is 19.6 Å². The molecule has 0 bridgehead atoms. The van der Waals surface area contributed by atoms with Crippen LogP contribution in [0.5, 0.6) is 0 Å². The highest BCUT2D eigenvalue weighted by atomic mass is 32.2. The number of hydrogen-bond donors (Lipinski definition) is 1. The standard InChI is InChI=1S/C21H25NO7S/c1-16(23)27-15-20(29-30(2,25)26)19(13-17-9-5-3-6-10-17)22-21(24)28-14-18-11-7-4-8-12-18/h3-12,19-20H,13-15H2,1-2H3,(H,22,24)/t19-,20+/m0/s1. The fraction of sp³-hybridized carbons (Fsp3) is 0.333. The normalized spacial score (nSPS) is 13.1. The Bertz CT molecular complexity index is 917. The Morgan fingerprint density at radius 3 is 2.03 bits per heavy atom. The van der Waals surface area contributed by atoms with Gasteiger partial charge in [0, 0.05) is 6.92 Å². The maximum absolute atomic E-state index is 12.4. The van der Waals surface area contributed by atoms with Gasteiger partial charge in [-0.2, -0.15) is 8.42 Å². The van der Waals surface area contributed by atoms with Crippen LogP contribution in [0.3, 0.4) is 0 Å². The number of ether oxygens (including phenoxy) is 2. The van der Waals surface area contributed by atoms with Crippen molar-refractivity contribution in [1.82, 2.24) is 5.32 Å². The third kappa shape index (κ3) is 9.06. The van der Waals surface area contributed by atoms with E-state index >= 15 is 0 Å². The lowest BCUT2D eigenvalue weighted by Crippen LogP contribution is -2.49. The number of rotatable bonds is 10. The molecule has 2 rings (SSSR count). The highest BCUT2D eigenvalue weighted by Crippen LogP contribution is 2.13. The summed E-state index contributed by atoms with van der Waals surface area (Å²) < 4.78 is 38.8. The Kier molecular flexibility index (Phi) is 8.82. The number of carbonyl (C=O) groups is 2. The van der Waals surface area contributed by atoms with Crippen molar-refractivity contribution in [3.8, 4) is 0 Å². The van der Waals surface area contributed by atoms with Crippen molar-refractivity contribution in [2.45, 2.75) is 32.1 Å². The molecule has 0 radical (unpaired) electrons. The zero-order valence-corrected chi connectivity index (χ0v) is 17.6. The lowest BCUT2D eigenvalue weighted by atomic mass is 10.0. The molecule has 2 aromatic carbocycles. The van der Waals surface area contributed by atoms with E-state index in [1.807, 2.05) is 60.7 Å². The topological polar surface area (TPSA) is 108 Å². The summed E-state index contributed by atoms with van der Waals surface area (Å²) in [6.07, 6.45) is -0.748. The van der Waals surface area contributed by atoms with Crippen molar-refractivity contribution in [2.75, 3.05) is 12.9 Å². The van der Waals surface area contributed by atoms with Gasteiger partial charge in [-0.05, 0) is 17.5 Å². The second-order valence-electron chi connectivity index (χ2n) is 6.64. The molecule has 2 atom stereocenters. The fourth-order valence-electron chi connectivity index (χ4n) is 2.69. The Morgan fingerprint density at radius 1 is 0.933 bits per heavy atom. The average Bonchev–Trinajstić information content (AvgIpc) is 2.70. The molecule has 0 aliphatic rings. The van der Waals surface area contributed by atoms with Crippen LogP contribution in [0.2, 0.25) is 0 Å². The largest absolute Gasteiger partial charge is 0.463 e. The van der Waals surface area contributed by atoms with Crippen molar-refractivity contribution >= 4 is 22.2 Å².